The molecule has 1 atom stereocenters. The summed E-state index contributed by atoms with van der Waals surface area (Å²) in [5, 5.41) is 0. The second kappa shape index (κ2) is 5.55. The Bertz CT molecular complexity index is 451. The first kappa shape index (κ1) is 11.7. The first-order chi connectivity index (χ1) is 8.36. The average molecular weight is 232 g/mol. The van der Waals surface area contributed by atoms with Gasteiger partial charge >= 0.3 is 0 Å². The summed E-state index contributed by atoms with van der Waals surface area (Å²) in [6.07, 6.45) is 2.66. The molecule has 1 unspecified atom stereocenters. The monoisotopic (exact) mass is 232 g/mol. The van der Waals surface area contributed by atoms with Crippen LogP contribution >= 0.6 is 0 Å². The van der Waals surface area contributed by atoms with Gasteiger partial charge in [-0.1, -0.05) is 18.2 Å². The van der Waals surface area contributed by atoms with Gasteiger partial charge in [0.05, 0.1) is 25.8 Å². The number of para-hydroxylation sites is 1. The highest BCUT2D eigenvalue weighted by Crippen LogP contribution is 2.33. The maximum Gasteiger partial charge on any atom is 0.122 e. The Morgan fingerprint density at radius 3 is 2.71 bits per heavy atom. The molecular weight excluding hydrogens is 214 g/mol. The molecule has 0 saturated heterocycles. The minimum Gasteiger partial charge on any atom is -0.496 e. The number of ether oxygens (including phenoxy) is 1. The van der Waals surface area contributed by atoms with E-state index in [9.17, 15) is 0 Å². The number of methoxy groups -OCH3 is 1. The highest BCUT2D eigenvalue weighted by molar-refractivity contribution is 5.39. The lowest BCUT2D eigenvalue weighted by molar-refractivity contribution is -0.368. The van der Waals surface area contributed by atoms with E-state index in [0.29, 0.717) is 0 Å². The van der Waals surface area contributed by atoms with Crippen LogP contribution in [0.4, 0.5) is 0 Å². The molecule has 0 bridgehead atoms. The van der Waals surface area contributed by atoms with Crippen molar-refractivity contribution in [2.24, 2.45) is 0 Å². The van der Waals surface area contributed by atoms with Gasteiger partial charge in [0, 0.05) is 12.0 Å². The largest absolute Gasteiger partial charge is 0.496 e. The van der Waals surface area contributed by atoms with E-state index in [1.807, 2.05) is 30.3 Å². The summed E-state index contributed by atoms with van der Waals surface area (Å²) in [5.41, 5.74) is 5.09. The number of hydrogen-bond acceptors (Lipinski definition) is 2. The smallest absolute Gasteiger partial charge is 0.122 e. The lowest BCUT2D eigenvalue weighted by Gasteiger charge is -2.16. The van der Waals surface area contributed by atoms with Crippen LogP contribution in [-0.4, -0.2) is 13.7 Å². The topological polar surface area (TPSA) is 50.0 Å². The Kier molecular flexibility index (Phi) is 3.83. The van der Waals surface area contributed by atoms with Gasteiger partial charge in [0.25, 0.3) is 0 Å². The third kappa shape index (κ3) is 2.50. The van der Waals surface area contributed by atoms with Gasteiger partial charge in [0.2, 0.25) is 0 Å². The van der Waals surface area contributed by atoms with E-state index in [0.717, 1.165) is 30.0 Å². The van der Waals surface area contributed by atoms with Gasteiger partial charge in [0.1, 0.15) is 11.5 Å². The van der Waals surface area contributed by atoms with Crippen molar-refractivity contribution >= 4 is 0 Å². The SMILES string of the molecule is COc1ccccc1C(CC[NH3+])c1ccco1. The predicted molar refractivity (Wildman–Crippen MR) is 65.9 cm³/mol. The molecule has 3 N–H and O–H groups in total. The second-order valence-corrected chi connectivity index (χ2v) is 3.95. The first-order valence-electron chi connectivity index (χ1n) is 5.82. The molecule has 0 aliphatic carbocycles. The van der Waals surface area contributed by atoms with E-state index >= 15 is 0 Å². The molecule has 1 heterocycles. The molecule has 0 amide bonds. The molecular formula is C14H18NO2+. The molecule has 3 heteroatoms. The van der Waals surface area contributed by atoms with E-state index < -0.39 is 0 Å². The van der Waals surface area contributed by atoms with Crippen LogP contribution in [0.3, 0.4) is 0 Å². The van der Waals surface area contributed by atoms with Crippen molar-refractivity contribution in [2.45, 2.75) is 12.3 Å². The predicted octanol–water partition coefficient (Wildman–Crippen LogP) is 2.05. The van der Waals surface area contributed by atoms with Crippen LogP contribution in [-0.2, 0) is 0 Å². The Morgan fingerprint density at radius 2 is 2.06 bits per heavy atom. The normalized spacial score (nSPS) is 12.4. The summed E-state index contributed by atoms with van der Waals surface area (Å²) >= 11 is 0. The van der Waals surface area contributed by atoms with Crippen molar-refractivity contribution in [1.82, 2.24) is 0 Å². The molecule has 90 valence electrons. The first-order valence-corrected chi connectivity index (χ1v) is 5.82. The molecule has 2 rings (SSSR count). The van der Waals surface area contributed by atoms with E-state index in [1.54, 1.807) is 13.4 Å². The van der Waals surface area contributed by atoms with Gasteiger partial charge in [-0.2, -0.15) is 0 Å². The van der Waals surface area contributed by atoms with Crippen LogP contribution in [0.5, 0.6) is 5.75 Å². The summed E-state index contributed by atoms with van der Waals surface area (Å²) < 4.78 is 10.9. The summed E-state index contributed by atoms with van der Waals surface area (Å²) in [4.78, 5) is 0. The zero-order valence-corrected chi connectivity index (χ0v) is 10.1. The Labute approximate surface area is 101 Å². The van der Waals surface area contributed by atoms with E-state index in [2.05, 4.69) is 11.8 Å². The quantitative estimate of drug-likeness (QED) is 0.857. The third-order valence-corrected chi connectivity index (χ3v) is 2.89. The minimum atomic E-state index is 0.221. The number of rotatable bonds is 5. The van der Waals surface area contributed by atoms with Crippen molar-refractivity contribution in [3.63, 3.8) is 0 Å². The van der Waals surface area contributed by atoms with Gasteiger partial charge < -0.3 is 14.9 Å². The van der Waals surface area contributed by atoms with Crippen LogP contribution in [0.2, 0.25) is 0 Å². The van der Waals surface area contributed by atoms with Gasteiger partial charge in [-0.05, 0) is 18.2 Å². The maximum absolute atomic E-state index is 5.52. The lowest BCUT2D eigenvalue weighted by atomic mass is 9.92. The van der Waals surface area contributed by atoms with Crippen molar-refractivity contribution in [3.05, 3.63) is 54.0 Å². The molecule has 1 aromatic heterocycles. The van der Waals surface area contributed by atoms with Gasteiger partial charge in [0.15, 0.2) is 0 Å². The summed E-state index contributed by atoms with van der Waals surface area (Å²) in [5.74, 6) is 2.10. The highest BCUT2D eigenvalue weighted by atomic mass is 16.5. The minimum absolute atomic E-state index is 0.221. The molecule has 0 aliphatic heterocycles. The molecule has 17 heavy (non-hydrogen) atoms. The molecule has 0 radical (unpaired) electrons. The van der Waals surface area contributed by atoms with Crippen LogP contribution < -0.4 is 10.5 Å². The fourth-order valence-corrected chi connectivity index (χ4v) is 2.10. The lowest BCUT2D eigenvalue weighted by Crippen LogP contribution is -2.50. The molecule has 0 fully saturated rings. The van der Waals surface area contributed by atoms with Crippen LogP contribution in [0.1, 0.15) is 23.7 Å². The highest BCUT2D eigenvalue weighted by Gasteiger charge is 2.20. The standard InChI is InChI=1S/C14H17NO2/c1-16-13-6-3-2-5-11(13)12(8-9-15)14-7-4-10-17-14/h2-7,10,12H,8-9,15H2,1H3/p+1. The van der Waals surface area contributed by atoms with Crippen molar-refractivity contribution < 1.29 is 14.9 Å². The van der Waals surface area contributed by atoms with Gasteiger partial charge in [-0.3, -0.25) is 0 Å². The number of quaternary nitrogens is 1. The number of benzene rings is 1. The van der Waals surface area contributed by atoms with Gasteiger partial charge in [-0.25, -0.2) is 0 Å². The van der Waals surface area contributed by atoms with Crippen molar-refractivity contribution in [2.75, 3.05) is 13.7 Å². The zero-order valence-electron chi connectivity index (χ0n) is 10.1. The molecule has 0 spiro atoms. The zero-order chi connectivity index (χ0) is 12.1. The maximum atomic E-state index is 5.52. The average Bonchev–Trinajstić information content (AvgIpc) is 2.89. The molecule has 1 aromatic carbocycles. The fourth-order valence-electron chi connectivity index (χ4n) is 2.10. The van der Waals surface area contributed by atoms with Crippen molar-refractivity contribution in [1.29, 1.82) is 0 Å². The molecule has 0 aliphatic rings. The summed E-state index contributed by atoms with van der Waals surface area (Å²) in [6.45, 7) is 0.864. The number of hydrogen-bond donors (Lipinski definition) is 1. The fraction of sp³-hybridized carbons (Fsp3) is 0.286. The van der Waals surface area contributed by atoms with Crippen molar-refractivity contribution in [3.8, 4) is 5.75 Å². The third-order valence-electron chi connectivity index (χ3n) is 2.89. The Hall–Kier alpha value is -1.74. The second-order valence-electron chi connectivity index (χ2n) is 3.95. The summed E-state index contributed by atoms with van der Waals surface area (Å²) in [6, 6.07) is 12.0. The van der Waals surface area contributed by atoms with E-state index in [1.165, 1.54) is 0 Å². The van der Waals surface area contributed by atoms with Crippen LogP contribution in [0.15, 0.2) is 47.1 Å². The molecule has 2 aromatic rings. The summed E-state index contributed by atoms with van der Waals surface area (Å²) in [7, 11) is 1.70. The number of furan rings is 1. The van der Waals surface area contributed by atoms with E-state index in [-0.39, 0.29) is 5.92 Å². The molecule has 3 nitrogen and oxygen atoms in total. The van der Waals surface area contributed by atoms with Crippen LogP contribution in [0.25, 0.3) is 0 Å². The van der Waals surface area contributed by atoms with Gasteiger partial charge in [-0.15, -0.1) is 0 Å². The molecule has 0 saturated carbocycles. The Balaban J connectivity index is 2.39. The Morgan fingerprint density at radius 1 is 1.24 bits per heavy atom. The van der Waals surface area contributed by atoms with E-state index in [4.69, 9.17) is 9.15 Å². The van der Waals surface area contributed by atoms with Crippen LogP contribution in [0, 0.1) is 0 Å².